The fourth-order valence-corrected chi connectivity index (χ4v) is 1.83. The van der Waals surface area contributed by atoms with Crippen LogP contribution in [0, 0.1) is 0 Å². The number of hydrogen-bond acceptors (Lipinski definition) is 4. The third-order valence-electron chi connectivity index (χ3n) is 2.72. The van der Waals surface area contributed by atoms with Gasteiger partial charge in [0, 0.05) is 13.8 Å². The minimum absolute atomic E-state index is 0.246. The van der Waals surface area contributed by atoms with Gasteiger partial charge >= 0.3 is 11.9 Å². The molecule has 0 aliphatic rings. The number of allylic oxidation sites excluding steroid dienone is 2. The van der Waals surface area contributed by atoms with E-state index in [4.69, 9.17) is 4.74 Å². The first kappa shape index (κ1) is 18.4. The molecule has 20 heavy (non-hydrogen) atoms. The second-order valence-electron chi connectivity index (χ2n) is 5.48. The summed E-state index contributed by atoms with van der Waals surface area (Å²) in [6.07, 6.45) is 7.56. The van der Waals surface area contributed by atoms with E-state index in [-0.39, 0.29) is 11.9 Å². The third-order valence-corrected chi connectivity index (χ3v) is 2.72. The van der Waals surface area contributed by atoms with Crippen molar-refractivity contribution in [2.75, 3.05) is 0 Å². The van der Waals surface area contributed by atoms with Gasteiger partial charge in [-0.05, 0) is 52.0 Å². The number of carbonyl (C=O) groups excluding carboxylic acids is 2. The van der Waals surface area contributed by atoms with Crippen LogP contribution < -0.4 is 0 Å². The summed E-state index contributed by atoms with van der Waals surface area (Å²) in [7, 11) is 0. The highest BCUT2D eigenvalue weighted by atomic mass is 16.6. The zero-order chi connectivity index (χ0) is 15.6. The molecule has 0 aliphatic heterocycles. The molecule has 4 heteroatoms. The summed E-state index contributed by atoms with van der Waals surface area (Å²) in [4.78, 5) is 21.4. The Labute approximate surface area is 121 Å². The summed E-state index contributed by atoms with van der Waals surface area (Å²) in [6, 6.07) is 0. The first-order chi connectivity index (χ1) is 9.23. The molecule has 0 N–H and O–H groups in total. The fourth-order valence-electron chi connectivity index (χ4n) is 1.83. The van der Waals surface area contributed by atoms with E-state index in [0.29, 0.717) is 0 Å². The van der Waals surface area contributed by atoms with Gasteiger partial charge in [0.05, 0.1) is 6.26 Å². The van der Waals surface area contributed by atoms with E-state index in [0.717, 1.165) is 37.7 Å². The molecular weight excluding hydrogens is 256 g/mol. The van der Waals surface area contributed by atoms with Gasteiger partial charge in [-0.1, -0.05) is 12.2 Å². The van der Waals surface area contributed by atoms with Gasteiger partial charge < -0.3 is 9.47 Å². The number of ether oxygens (including phenoxy) is 2. The molecule has 0 bridgehead atoms. The van der Waals surface area contributed by atoms with Crippen molar-refractivity contribution in [1.29, 1.82) is 0 Å². The Balaban J connectivity index is 3.76. The summed E-state index contributed by atoms with van der Waals surface area (Å²) in [6.45, 7) is 10.6. The van der Waals surface area contributed by atoms with E-state index in [1.54, 1.807) is 0 Å². The predicted molar refractivity (Wildman–Crippen MR) is 79.0 cm³/mol. The number of hydrogen-bond donors (Lipinski definition) is 0. The molecule has 0 aromatic rings. The van der Waals surface area contributed by atoms with E-state index in [2.05, 4.69) is 11.3 Å². The maximum Gasteiger partial charge on any atom is 0.307 e. The molecule has 0 unspecified atom stereocenters. The topological polar surface area (TPSA) is 52.6 Å². The average Bonchev–Trinajstić information content (AvgIpc) is 2.25. The van der Waals surface area contributed by atoms with E-state index in [9.17, 15) is 9.59 Å². The summed E-state index contributed by atoms with van der Waals surface area (Å²) in [5, 5.41) is 0. The number of carbonyl (C=O) groups is 2. The minimum Gasteiger partial charge on any atom is -0.460 e. The zero-order valence-corrected chi connectivity index (χ0v) is 13.0. The quantitative estimate of drug-likeness (QED) is 0.365. The summed E-state index contributed by atoms with van der Waals surface area (Å²) < 4.78 is 9.92. The van der Waals surface area contributed by atoms with Crippen LogP contribution in [-0.4, -0.2) is 17.5 Å². The van der Waals surface area contributed by atoms with Crippen molar-refractivity contribution in [3.63, 3.8) is 0 Å². The Kier molecular flexibility index (Phi) is 8.61. The highest BCUT2D eigenvalue weighted by molar-refractivity contribution is 5.66. The van der Waals surface area contributed by atoms with Gasteiger partial charge in [-0.25, -0.2) is 0 Å². The van der Waals surface area contributed by atoms with Crippen LogP contribution in [-0.2, 0) is 19.1 Å². The summed E-state index contributed by atoms with van der Waals surface area (Å²) in [5.74, 6) is -0.558. The molecule has 0 atom stereocenters. The molecule has 0 radical (unpaired) electrons. The maximum absolute atomic E-state index is 10.9. The Morgan fingerprint density at radius 2 is 1.80 bits per heavy atom. The van der Waals surface area contributed by atoms with Gasteiger partial charge in [-0.2, -0.15) is 0 Å². The first-order valence-corrected chi connectivity index (χ1v) is 6.91. The van der Waals surface area contributed by atoms with Crippen LogP contribution in [0.5, 0.6) is 0 Å². The lowest BCUT2D eigenvalue weighted by Crippen LogP contribution is -2.26. The molecule has 0 aromatic carbocycles. The molecule has 0 saturated heterocycles. The summed E-state index contributed by atoms with van der Waals surface area (Å²) in [5.41, 5.74) is 0.734. The molecule has 114 valence electrons. The van der Waals surface area contributed by atoms with E-state index in [1.807, 2.05) is 19.9 Å². The molecule has 0 fully saturated rings. The van der Waals surface area contributed by atoms with Crippen molar-refractivity contribution in [2.24, 2.45) is 0 Å². The molecule has 0 spiro atoms. The molecule has 0 amide bonds. The van der Waals surface area contributed by atoms with Crippen LogP contribution in [0.15, 0.2) is 24.5 Å². The molecule has 0 saturated carbocycles. The average molecular weight is 282 g/mol. The second-order valence-corrected chi connectivity index (χ2v) is 5.48. The van der Waals surface area contributed by atoms with Crippen molar-refractivity contribution >= 4 is 11.9 Å². The predicted octanol–water partition coefficient (Wildman–Crippen LogP) is 3.91. The Morgan fingerprint density at radius 3 is 2.35 bits per heavy atom. The molecule has 0 aromatic heterocycles. The van der Waals surface area contributed by atoms with Crippen molar-refractivity contribution in [3.05, 3.63) is 24.5 Å². The lowest BCUT2D eigenvalue weighted by atomic mass is 9.97. The standard InChI is InChI=1S/C16H26O4/c1-13(9-6-7-12-19-14(2)17)10-8-11-16(4,5)20-15(3)18/h7,12H,1,6,8-11H2,2-5H3/b12-7-. The first-order valence-electron chi connectivity index (χ1n) is 6.91. The second kappa shape index (κ2) is 9.34. The van der Waals surface area contributed by atoms with Crippen LogP contribution in [0.4, 0.5) is 0 Å². The van der Waals surface area contributed by atoms with Crippen molar-refractivity contribution in [3.8, 4) is 0 Å². The van der Waals surface area contributed by atoms with Gasteiger partial charge in [-0.15, -0.1) is 0 Å². The highest BCUT2D eigenvalue weighted by Crippen LogP contribution is 2.21. The van der Waals surface area contributed by atoms with Crippen LogP contribution in [0.2, 0.25) is 0 Å². The lowest BCUT2D eigenvalue weighted by molar-refractivity contribution is -0.154. The zero-order valence-electron chi connectivity index (χ0n) is 13.0. The van der Waals surface area contributed by atoms with Gasteiger partial charge in [0.2, 0.25) is 0 Å². The molecule has 4 nitrogen and oxygen atoms in total. The van der Waals surface area contributed by atoms with Crippen LogP contribution in [0.3, 0.4) is 0 Å². The van der Waals surface area contributed by atoms with Gasteiger partial charge in [0.1, 0.15) is 5.60 Å². The lowest BCUT2D eigenvalue weighted by Gasteiger charge is -2.24. The minimum atomic E-state index is -0.415. The smallest absolute Gasteiger partial charge is 0.307 e. The molecule has 0 aliphatic carbocycles. The fraction of sp³-hybridized carbons (Fsp3) is 0.625. The Morgan fingerprint density at radius 1 is 1.15 bits per heavy atom. The monoisotopic (exact) mass is 282 g/mol. The van der Waals surface area contributed by atoms with Gasteiger partial charge in [0.25, 0.3) is 0 Å². The molecule has 0 rings (SSSR count). The van der Waals surface area contributed by atoms with E-state index < -0.39 is 5.60 Å². The third kappa shape index (κ3) is 11.5. The number of rotatable bonds is 9. The normalized spacial score (nSPS) is 11.4. The van der Waals surface area contributed by atoms with Crippen LogP contribution in [0.1, 0.15) is 59.8 Å². The maximum atomic E-state index is 10.9. The van der Waals surface area contributed by atoms with Crippen molar-refractivity contribution in [2.45, 2.75) is 65.4 Å². The SMILES string of the molecule is C=C(CC/C=C\OC(C)=O)CCCC(C)(C)OC(C)=O. The van der Waals surface area contributed by atoms with E-state index in [1.165, 1.54) is 20.1 Å². The Bertz CT molecular complexity index is 367. The van der Waals surface area contributed by atoms with Crippen molar-refractivity contribution < 1.29 is 19.1 Å². The van der Waals surface area contributed by atoms with Gasteiger partial charge in [0.15, 0.2) is 0 Å². The van der Waals surface area contributed by atoms with Crippen LogP contribution >= 0.6 is 0 Å². The molecule has 0 heterocycles. The number of esters is 2. The molecular formula is C16H26O4. The Hall–Kier alpha value is -1.58. The van der Waals surface area contributed by atoms with Gasteiger partial charge in [-0.3, -0.25) is 9.59 Å². The summed E-state index contributed by atoms with van der Waals surface area (Å²) >= 11 is 0. The highest BCUT2D eigenvalue weighted by Gasteiger charge is 2.20. The largest absolute Gasteiger partial charge is 0.460 e. The van der Waals surface area contributed by atoms with E-state index >= 15 is 0 Å². The van der Waals surface area contributed by atoms with Crippen LogP contribution in [0.25, 0.3) is 0 Å². The van der Waals surface area contributed by atoms with Crippen molar-refractivity contribution in [1.82, 2.24) is 0 Å².